The average Bonchev–Trinajstić information content (AvgIpc) is 2.50. The van der Waals surface area contributed by atoms with E-state index in [9.17, 15) is 4.39 Å². The van der Waals surface area contributed by atoms with Gasteiger partial charge in [0.05, 0.1) is 10.2 Å². The highest BCUT2D eigenvalue weighted by Gasteiger charge is 2.09. The third-order valence-electron chi connectivity index (χ3n) is 2.94. The lowest BCUT2D eigenvalue weighted by Gasteiger charge is -2.06. The maximum absolute atomic E-state index is 13.7. The summed E-state index contributed by atoms with van der Waals surface area (Å²) in [6, 6.07) is 16.1. The Morgan fingerprint density at radius 1 is 0.905 bits per heavy atom. The molecule has 1 aromatic heterocycles. The van der Waals surface area contributed by atoms with Gasteiger partial charge in [-0.15, -0.1) is 0 Å². The first-order chi connectivity index (χ1) is 10.1. The van der Waals surface area contributed by atoms with Crippen molar-refractivity contribution < 1.29 is 4.39 Å². The van der Waals surface area contributed by atoms with Crippen molar-refractivity contribution in [3.05, 3.63) is 70.0 Å². The van der Waals surface area contributed by atoms with Gasteiger partial charge in [-0.25, -0.2) is 14.4 Å². The predicted octanol–water partition coefficient (Wildman–Crippen LogP) is 5.37. The summed E-state index contributed by atoms with van der Waals surface area (Å²) in [5.41, 5.74) is 2.21. The van der Waals surface area contributed by atoms with Gasteiger partial charge in [-0.3, -0.25) is 0 Å². The van der Waals surface area contributed by atoms with Gasteiger partial charge in [0, 0.05) is 17.2 Å². The van der Waals surface area contributed by atoms with Gasteiger partial charge in [-0.1, -0.05) is 41.9 Å². The Labute approximate surface area is 134 Å². The fourth-order valence-electron chi connectivity index (χ4n) is 1.94. The zero-order valence-electron chi connectivity index (χ0n) is 10.7. The molecule has 21 heavy (non-hydrogen) atoms. The van der Waals surface area contributed by atoms with Crippen LogP contribution in [0.15, 0.2) is 59.1 Å². The van der Waals surface area contributed by atoms with Crippen LogP contribution in [0.4, 0.5) is 4.39 Å². The number of hydrogen-bond acceptors (Lipinski definition) is 2. The topological polar surface area (TPSA) is 25.8 Å². The second-order valence-electron chi connectivity index (χ2n) is 4.39. The molecule has 1 heterocycles. The third-order valence-corrected chi connectivity index (χ3v) is 3.78. The molecule has 3 rings (SSSR count). The molecule has 0 saturated heterocycles. The molecule has 0 radical (unpaired) electrons. The average molecular weight is 364 g/mol. The first kappa shape index (κ1) is 14.2. The molecule has 5 heteroatoms. The highest BCUT2D eigenvalue weighted by atomic mass is 79.9. The summed E-state index contributed by atoms with van der Waals surface area (Å²) in [7, 11) is 0. The Morgan fingerprint density at radius 3 is 2.38 bits per heavy atom. The summed E-state index contributed by atoms with van der Waals surface area (Å²) in [6.07, 6.45) is 0. The second-order valence-corrected chi connectivity index (χ2v) is 5.64. The Hall–Kier alpha value is -1.78. The number of halogens is 3. The molecule has 0 fully saturated rings. The molecule has 2 nitrogen and oxygen atoms in total. The molecular weight excluding hydrogens is 355 g/mol. The van der Waals surface area contributed by atoms with E-state index in [4.69, 9.17) is 11.6 Å². The third kappa shape index (κ3) is 3.12. The van der Waals surface area contributed by atoms with E-state index in [1.54, 1.807) is 18.2 Å². The van der Waals surface area contributed by atoms with Crippen molar-refractivity contribution in [3.63, 3.8) is 0 Å². The van der Waals surface area contributed by atoms with E-state index in [0.29, 0.717) is 26.7 Å². The summed E-state index contributed by atoms with van der Waals surface area (Å²) in [6.45, 7) is 0. The standard InChI is InChI=1S/C16H9BrClFN2/c17-12-7-6-11(8-13(12)19)16-20-14(9-15(18)21-16)10-4-2-1-3-5-10/h1-9H. The molecule has 0 aliphatic rings. The van der Waals surface area contributed by atoms with Gasteiger partial charge >= 0.3 is 0 Å². The van der Waals surface area contributed by atoms with Crippen molar-refractivity contribution in [1.29, 1.82) is 0 Å². The number of aromatic nitrogens is 2. The predicted molar refractivity (Wildman–Crippen MR) is 85.6 cm³/mol. The van der Waals surface area contributed by atoms with Crippen LogP contribution in [-0.2, 0) is 0 Å². The lowest BCUT2D eigenvalue weighted by Crippen LogP contribution is -1.93. The molecule has 0 unspecified atom stereocenters. The lowest BCUT2D eigenvalue weighted by molar-refractivity contribution is 0.621. The van der Waals surface area contributed by atoms with Crippen LogP contribution in [0, 0.1) is 5.82 Å². The minimum atomic E-state index is -0.364. The second kappa shape index (κ2) is 5.92. The molecular formula is C16H9BrClFN2. The van der Waals surface area contributed by atoms with Gasteiger partial charge in [0.1, 0.15) is 11.0 Å². The van der Waals surface area contributed by atoms with E-state index < -0.39 is 0 Å². The van der Waals surface area contributed by atoms with Crippen LogP contribution in [0.2, 0.25) is 5.15 Å². The van der Waals surface area contributed by atoms with Gasteiger partial charge in [0.15, 0.2) is 5.82 Å². The van der Waals surface area contributed by atoms with Gasteiger partial charge in [0.25, 0.3) is 0 Å². The van der Waals surface area contributed by atoms with Crippen LogP contribution in [0.25, 0.3) is 22.6 Å². The van der Waals surface area contributed by atoms with Crippen molar-refractivity contribution in [2.75, 3.05) is 0 Å². The molecule has 0 N–H and O–H groups in total. The molecule has 104 valence electrons. The number of benzene rings is 2. The van der Waals surface area contributed by atoms with Crippen molar-refractivity contribution in [2.24, 2.45) is 0 Å². The molecule has 3 aromatic rings. The first-order valence-corrected chi connectivity index (χ1v) is 7.36. The van der Waals surface area contributed by atoms with Crippen LogP contribution in [0.3, 0.4) is 0 Å². The quantitative estimate of drug-likeness (QED) is 0.572. The lowest BCUT2D eigenvalue weighted by atomic mass is 10.1. The molecule has 0 aliphatic carbocycles. The summed E-state index contributed by atoms with van der Waals surface area (Å²) in [5.74, 6) is 0.0325. The monoisotopic (exact) mass is 362 g/mol. The van der Waals surface area contributed by atoms with E-state index in [1.165, 1.54) is 6.07 Å². The summed E-state index contributed by atoms with van der Waals surface area (Å²) >= 11 is 9.19. The number of nitrogens with zero attached hydrogens (tertiary/aromatic N) is 2. The Kier molecular flexibility index (Phi) is 3.99. The van der Waals surface area contributed by atoms with Crippen LogP contribution < -0.4 is 0 Å². The zero-order valence-corrected chi connectivity index (χ0v) is 13.1. The van der Waals surface area contributed by atoms with Crippen molar-refractivity contribution in [1.82, 2.24) is 9.97 Å². The normalized spacial score (nSPS) is 10.6. The highest BCUT2D eigenvalue weighted by Crippen LogP contribution is 2.26. The van der Waals surface area contributed by atoms with E-state index in [0.717, 1.165) is 5.56 Å². The summed E-state index contributed by atoms with van der Waals surface area (Å²) < 4.78 is 14.1. The maximum atomic E-state index is 13.7. The molecule has 0 amide bonds. The first-order valence-electron chi connectivity index (χ1n) is 6.19. The SMILES string of the molecule is Fc1cc(-c2nc(Cl)cc(-c3ccccc3)n2)ccc1Br. The van der Waals surface area contributed by atoms with Crippen LogP contribution >= 0.6 is 27.5 Å². The minimum Gasteiger partial charge on any atom is -0.228 e. The zero-order chi connectivity index (χ0) is 14.8. The Morgan fingerprint density at radius 2 is 1.67 bits per heavy atom. The molecule has 0 atom stereocenters. The highest BCUT2D eigenvalue weighted by molar-refractivity contribution is 9.10. The largest absolute Gasteiger partial charge is 0.228 e. The molecule has 0 bridgehead atoms. The van der Waals surface area contributed by atoms with Crippen LogP contribution in [-0.4, -0.2) is 9.97 Å². The van der Waals surface area contributed by atoms with Gasteiger partial charge in [-0.2, -0.15) is 0 Å². The van der Waals surface area contributed by atoms with Crippen molar-refractivity contribution in [3.8, 4) is 22.6 Å². The van der Waals surface area contributed by atoms with E-state index in [2.05, 4.69) is 25.9 Å². The van der Waals surface area contributed by atoms with Gasteiger partial charge in [-0.05, 0) is 34.1 Å². The maximum Gasteiger partial charge on any atom is 0.161 e. The van der Waals surface area contributed by atoms with Gasteiger partial charge < -0.3 is 0 Å². The Balaban J connectivity index is 2.11. The van der Waals surface area contributed by atoms with E-state index in [1.807, 2.05) is 30.3 Å². The smallest absolute Gasteiger partial charge is 0.161 e. The molecule has 2 aromatic carbocycles. The number of hydrogen-bond donors (Lipinski definition) is 0. The molecule has 0 aliphatic heterocycles. The summed E-state index contributed by atoms with van der Waals surface area (Å²) in [4.78, 5) is 8.64. The molecule has 0 spiro atoms. The minimum absolute atomic E-state index is 0.321. The van der Waals surface area contributed by atoms with E-state index in [-0.39, 0.29) is 5.82 Å². The van der Waals surface area contributed by atoms with Crippen molar-refractivity contribution >= 4 is 27.5 Å². The fourth-order valence-corrected chi connectivity index (χ4v) is 2.37. The Bertz CT molecular complexity index is 794. The van der Waals surface area contributed by atoms with Crippen LogP contribution in [0.5, 0.6) is 0 Å². The number of rotatable bonds is 2. The molecule has 0 saturated carbocycles. The summed E-state index contributed by atoms with van der Waals surface area (Å²) in [5, 5.41) is 0.321. The van der Waals surface area contributed by atoms with Crippen molar-refractivity contribution in [2.45, 2.75) is 0 Å². The van der Waals surface area contributed by atoms with E-state index >= 15 is 0 Å². The fraction of sp³-hybridized carbons (Fsp3) is 0. The van der Waals surface area contributed by atoms with Crippen LogP contribution in [0.1, 0.15) is 0 Å². The van der Waals surface area contributed by atoms with Gasteiger partial charge in [0.2, 0.25) is 0 Å².